The topological polar surface area (TPSA) is 124 Å². The minimum atomic E-state index is -4.56. The minimum absolute atomic E-state index is 0.0232. The molecule has 0 aliphatic carbocycles. The molecule has 0 fully saturated rings. The van der Waals surface area contributed by atoms with Gasteiger partial charge in [-0.3, -0.25) is 25.7 Å². The Morgan fingerprint density at radius 1 is 1.03 bits per heavy atom. The van der Waals surface area contributed by atoms with E-state index < -0.39 is 33.0 Å². The van der Waals surface area contributed by atoms with Crippen molar-refractivity contribution in [1.82, 2.24) is 0 Å². The van der Waals surface area contributed by atoms with Crippen LogP contribution in [0.1, 0.15) is 11.3 Å². The number of nitro benzene ring substituents is 2. The smallest absolute Gasteiger partial charge is 0.416 e. The quantitative estimate of drug-likeness (QED) is 0.281. The first-order valence-electron chi connectivity index (χ1n) is 8.25. The normalized spacial score (nSPS) is 11.6. The highest BCUT2D eigenvalue weighted by Gasteiger charge is 2.31. The Morgan fingerprint density at radius 3 is 2.42 bits per heavy atom. The zero-order valence-corrected chi connectivity index (χ0v) is 15.8. The van der Waals surface area contributed by atoms with Gasteiger partial charge in [0.2, 0.25) is 0 Å². The molecule has 0 atom stereocenters. The molecular weight excluding hydrogens is 445 g/mol. The van der Waals surface area contributed by atoms with E-state index in [1.165, 1.54) is 12.1 Å². The molecule has 0 unspecified atom stereocenters. The number of anilines is 1. The highest BCUT2D eigenvalue weighted by Crippen LogP contribution is 2.36. The maximum absolute atomic E-state index is 12.9. The second kappa shape index (κ2) is 8.44. The van der Waals surface area contributed by atoms with Crippen LogP contribution in [0.3, 0.4) is 0 Å². The van der Waals surface area contributed by atoms with Crippen molar-refractivity contribution in [2.24, 2.45) is 5.10 Å². The molecule has 1 N–H and O–H groups in total. The number of non-ortho nitro benzene ring substituents is 1. The van der Waals surface area contributed by atoms with Crippen molar-refractivity contribution >= 4 is 34.9 Å². The predicted octanol–water partition coefficient (Wildman–Crippen LogP) is 5.88. The zero-order chi connectivity index (χ0) is 22.8. The van der Waals surface area contributed by atoms with Crippen LogP contribution < -0.4 is 5.43 Å². The number of hydrogen-bond donors (Lipinski definition) is 1. The number of hydrazone groups is 1. The standard InChI is InChI=1S/C18H10ClF3N4O5/c19-14-4-1-10(18(20,21)22)7-13(14)17-6-3-12(31-17)9-23-24-15-5-2-11(25(27)28)8-16(15)26(29)30/h1-9,24H/b23-9+. The van der Waals surface area contributed by atoms with E-state index in [4.69, 9.17) is 16.0 Å². The molecule has 3 rings (SSSR count). The van der Waals surface area contributed by atoms with E-state index in [9.17, 15) is 33.4 Å². The summed E-state index contributed by atoms with van der Waals surface area (Å²) in [5.41, 5.74) is 0.353. The largest absolute Gasteiger partial charge is 0.455 e. The lowest BCUT2D eigenvalue weighted by Crippen LogP contribution is -2.04. The van der Waals surface area contributed by atoms with E-state index in [0.29, 0.717) is 0 Å². The summed E-state index contributed by atoms with van der Waals surface area (Å²) in [4.78, 5) is 20.3. The fourth-order valence-electron chi connectivity index (χ4n) is 2.50. The van der Waals surface area contributed by atoms with Crippen LogP contribution in [0.15, 0.2) is 58.0 Å². The van der Waals surface area contributed by atoms with Gasteiger partial charge in [0.25, 0.3) is 5.69 Å². The van der Waals surface area contributed by atoms with Gasteiger partial charge in [-0.1, -0.05) is 11.6 Å². The molecule has 31 heavy (non-hydrogen) atoms. The number of nitrogens with zero attached hydrogens (tertiary/aromatic N) is 3. The molecule has 0 saturated heterocycles. The number of nitrogens with one attached hydrogen (secondary N) is 1. The predicted molar refractivity (Wildman–Crippen MR) is 105 cm³/mol. The van der Waals surface area contributed by atoms with Crippen molar-refractivity contribution < 1.29 is 27.4 Å². The highest BCUT2D eigenvalue weighted by atomic mass is 35.5. The van der Waals surface area contributed by atoms with Crippen LogP contribution in [0, 0.1) is 20.2 Å². The second-order valence-electron chi connectivity index (χ2n) is 5.98. The number of hydrogen-bond acceptors (Lipinski definition) is 7. The molecule has 0 radical (unpaired) electrons. The highest BCUT2D eigenvalue weighted by molar-refractivity contribution is 6.33. The SMILES string of the molecule is O=[N+]([O-])c1ccc(N/N=C/c2ccc(-c3cc(C(F)(F)F)ccc3Cl)o2)c([N+](=O)[O-])c1. The van der Waals surface area contributed by atoms with Gasteiger partial charge in [-0.2, -0.15) is 18.3 Å². The van der Waals surface area contributed by atoms with E-state index in [-0.39, 0.29) is 27.8 Å². The molecule has 1 aromatic heterocycles. The third-order valence-corrected chi connectivity index (χ3v) is 4.28. The Balaban J connectivity index is 1.81. The van der Waals surface area contributed by atoms with Crippen molar-refractivity contribution in [3.63, 3.8) is 0 Å². The van der Waals surface area contributed by atoms with Gasteiger partial charge in [-0.05, 0) is 36.4 Å². The van der Waals surface area contributed by atoms with Crippen LogP contribution in [0.25, 0.3) is 11.3 Å². The van der Waals surface area contributed by atoms with Gasteiger partial charge in [-0.25, -0.2) is 0 Å². The van der Waals surface area contributed by atoms with Gasteiger partial charge in [0.05, 0.1) is 32.7 Å². The molecule has 0 saturated carbocycles. The molecule has 0 bridgehead atoms. The van der Waals surface area contributed by atoms with Gasteiger partial charge in [0.1, 0.15) is 17.2 Å². The van der Waals surface area contributed by atoms with Gasteiger partial charge in [0, 0.05) is 11.6 Å². The first kappa shape index (κ1) is 21.8. The second-order valence-corrected chi connectivity index (χ2v) is 6.39. The van der Waals surface area contributed by atoms with E-state index in [2.05, 4.69) is 10.5 Å². The lowest BCUT2D eigenvalue weighted by atomic mass is 10.1. The van der Waals surface area contributed by atoms with Crippen LogP contribution in [0.2, 0.25) is 5.02 Å². The number of furan rings is 1. The molecule has 2 aromatic carbocycles. The van der Waals surface area contributed by atoms with Gasteiger partial charge < -0.3 is 4.42 Å². The summed E-state index contributed by atoms with van der Waals surface area (Å²) in [6, 6.07) is 8.54. The summed E-state index contributed by atoms with van der Waals surface area (Å²) in [5, 5.41) is 25.7. The van der Waals surface area contributed by atoms with Gasteiger partial charge >= 0.3 is 11.9 Å². The van der Waals surface area contributed by atoms with Crippen molar-refractivity contribution in [2.75, 3.05) is 5.43 Å². The fraction of sp³-hybridized carbons (Fsp3) is 0.0556. The molecule has 1 heterocycles. The molecular formula is C18H10ClF3N4O5. The van der Waals surface area contributed by atoms with Crippen molar-refractivity contribution in [3.05, 3.63) is 85.1 Å². The van der Waals surface area contributed by atoms with Gasteiger partial charge in [-0.15, -0.1) is 0 Å². The Bertz CT molecular complexity index is 1190. The Kier molecular flexibility index (Phi) is 5.92. The lowest BCUT2D eigenvalue weighted by Gasteiger charge is -2.09. The van der Waals surface area contributed by atoms with Crippen LogP contribution in [0.5, 0.6) is 0 Å². The third-order valence-electron chi connectivity index (χ3n) is 3.95. The zero-order valence-electron chi connectivity index (χ0n) is 15.1. The summed E-state index contributed by atoms with van der Waals surface area (Å²) in [6.07, 6.45) is -3.43. The average molecular weight is 455 g/mol. The molecule has 0 amide bonds. The number of alkyl halides is 3. The van der Waals surface area contributed by atoms with E-state index in [1.54, 1.807) is 0 Å². The number of rotatable bonds is 6. The minimum Gasteiger partial charge on any atom is -0.455 e. The van der Waals surface area contributed by atoms with Crippen molar-refractivity contribution in [1.29, 1.82) is 0 Å². The lowest BCUT2D eigenvalue weighted by molar-refractivity contribution is -0.393. The number of nitro groups is 2. The molecule has 160 valence electrons. The molecule has 3 aromatic rings. The van der Waals surface area contributed by atoms with Crippen LogP contribution in [-0.4, -0.2) is 16.1 Å². The maximum Gasteiger partial charge on any atom is 0.416 e. The molecule has 13 heteroatoms. The molecule has 0 aliphatic rings. The number of halogens is 4. The Hall–Kier alpha value is -3.93. The maximum atomic E-state index is 12.9. The van der Waals surface area contributed by atoms with Crippen LogP contribution in [0.4, 0.5) is 30.2 Å². The van der Waals surface area contributed by atoms with E-state index >= 15 is 0 Å². The van der Waals surface area contributed by atoms with E-state index in [1.807, 2.05) is 0 Å². The Labute approximate surface area is 176 Å². The average Bonchev–Trinajstić information content (AvgIpc) is 3.16. The van der Waals surface area contributed by atoms with Crippen LogP contribution >= 0.6 is 11.6 Å². The molecule has 0 spiro atoms. The summed E-state index contributed by atoms with van der Waals surface area (Å²) in [5.74, 6) is 0.166. The Morgan fingerprint density at radius 2 is 1.77 bits per heavy atom. The monoisotopic (exact) mass is 454 g/mol. The van der Waals surface area contributed by atoms with E-state index in [0.717, 1.165) is 42.6 Å². The van der Waals surface area contributed by atoms with Crippen molar-refractivity contribution in [3.8, 4) is 11.3 Å². The molecule has 9 nitrogen and oxygen atoms in total. The van der Waals surface area contributed by atoms with Crippen molar-refractivity contribution in [2.45, 2.75) is 6.18 Å². The third kappa shape index (κ3) is 4.98. The summed E-state index contributed by atoms with van der Waals surface area (Å²) >= 11 is 5.97. The fourth-order valence-corrected chi connectivity index (χ4v) is 2.71. The molecule has 0 aliphatic heterocycles. The summed E-state index contributed by atoms with van der Waals surface area (Å²) in [7, 11) is 0. The van der Waals surface area contributed by atoms with Gasteiger partial charge in [0.15, 0.2) is 0 Å². The summed E-state index contributed by atoms with van der Waals surface area (Å²) in [6.45, 7) is 0. The van der Waals surface area contributed by atoms with Crippen LogP contribution in [-0.2, 0) is 6.18 Å². The summed E-state index contributed by atoms with van der Waals surface area (Å²) < 4.78 is 44.2. The first-order chi connectivity index (χ1) is 14.6. The first-order valence-corrected chi connectivity index (χ1v) is 8.63. The number of benzene rings is 2.